The highest BCUT2D eigenvalue weighted by molar-refractivity contribution is 5.94. The third-order valence-electron chi connectivity index (χ3n) is 3.14. The molecule has 1 amide bonds. The molecule has 1 N–H and O–H groups in total. The number of hydrogen-bond acceptors (Lipinski definition) is 3. The Balaban J connectivity index is 1.74. The van der Waals surface area contributed by atoms with Crippen molar-refractivity contribution >= 4 is 5.91 Å². The van der Waals surface area contributed by atoms with Crippen LogP contribution in [0.15, 0.2) is 23.0 Å². The summed E-state index contributed by atoms with van der Waals surface area (Å²) in [5.41, 5.74) is 0.659. The molecule has 1 aromatic rings. The Kier molecular flexibility index (Phi) is 1.64. The second-order valence-corrected chi connectivity index (χ2v) is 4.00. The van der Waals surface area contributed by atoms with Crippen molar-refractivity contribution in [3.63, 3.8) is 0 Å². The zero-order valence-electron chi connectivity index (χ0n) is 7.77. The van der Waals surface area contributed by atoms with E-state index in [4.69, 9.17) is 4.42 Å². The molecule has 3 rings (SSSR count). The van der Waals surface area contributed by atoms with E-state index in [1.54, 1.807) is 6.07 Å². The van der Waals surface area contributed by atoms with Gasteiger partial charge >= 0.3 is 0 Å². The van der Waals surface area contributed by atoms with Gasteiger partial charge < -0.3 is 14.6 Å². The number of rotatable bonds is 1. The highest BCUT2D eigenvalue weighted by Crippen LogP contribution is 2.24. The van der Waals surface area contributed by atoms with Gasteiger partial charge in [-0.15, -0.1) is 0 Å². The van der Waals surface area contributed by atoms with Gasteiger partial charge in [0.1, 0.15) is 6.26 Å². The van der Waals surface area contributed by atoms with E-state index in [1.807, 2.05) is 4.90 Å². The van der Waals surface area contributed by atoms with Crippen molar-refractivity contribution in [2.75, 3.05) is 19.6 Å². The largest absolute Gasteiger partial charge is 0.472 e. The van der Waals surface area contributed by atoms with Crippen molar-refractivity contribution in [1.29, 1.82) is 0 Å². The monoisotopic (exact) mass is 192 g/mol. The van der Waals surface area contributed by atoms with E-state index in [-0.39, 0.29) is 5.91 Å². The summed E-state index contributed by atoms with van der Waals surface area (Å²) < 4.78 is 4.90. The summed E-state index contributed by atoms with van der Waals surface area (Å²) >= 11 is 0. The summed E-state index contributed by atoms with van der Waals surface area (Å²) in [4.78, 5) is 13.8. The molecule has 74 valence electrons. The quantitative estimate of drug-likeness (QED) is 0.697. The van der Waals surface area contributed by atoms with E-state index >= 15 is 0 Å². The van der Waals surface area contributed by atoms with Crippen LogP contribution in [0.2, 0.25) is 0 Å². The van der Waals surface area contributed by atoms with E-state index in [0.717, 1.165) is 19.6 Å². The Bertz CT molecular complexity index is 335. The molecule has 0 radical (unpaired) electrons. The number of carbonyl (C=O) groups excluding carboxylic acids is 1. The van der Waals surface area contributed by atoms with Gasteiger partial charge in [-0.05, 0) is 6.07 Å². The van der Waals surface area contributed by atoms with Crippen LogP contribution in [0.25, 0.3) is 0 Å². The lowest BCUT2D eigenvalue weighted by molar-refractivity contribution is 0.0788. The van der Waals surface area contributed by atoms with Gasteiger partial charge in [-0.3, -0.25) is 4.79 Å². The lowest BCUT2D eigenvalue weighted by atomic mass is 9.96. The van der Waals surface area contributed by atoms with Crippen molar-refractivity contribution in [2.45, 2.75) is 6.04 Å². The molecule has 0 bridgehead atoms. The maximum absolute atomic E-state index is 11.9. The molecule has 2 unspecified atom stereocenters. The van der Waals surface area contributed by atoms with Crippen molar-refractivity contribution < 1.29 is 9.21 Å². The predicted octanol–water partition coefficient (Wildman–Crippen LogP) is 0.323. The number of furan rings is 1. The van der Waals surface area contributed by atoms with Gasteiger partial charge in [-0.25, -0.2) is 0 Å². The molecule has 2 fully saturated rings. The Hall–Kier alpha value is -1.29. The van der Waals surface area contributed by atoms with Gasteiger partial charge in [0.15, 0.2) is 0 Å². The molecule has 0 aromatic carbocycles. The first-order valence-electron chi connectivity index (χ1n) is 4.89. The maximum Gasteiger partial charge on any atom is 0.257 e. The van der Waals surface area contributed by atoms with Crippen LogP contribution >= 0.6 is 0 Å². The molecule has 14 heavy (non-hydrogen) atoms. The first-order valence-corrected chi connectivity index (χ1v) is 4.89. The lowest BCUT2D eigenvalue weighted by Crippen LogP contribution is -2.51. The minimum Gasteiger partial charge on any atom is -0.472 e. The fourth-order valence-corrected chi connectivity index (χ4v) is 2.19. The average Bonchev–Trinajstić information content (AvgIpc) is 2.75. The third-order valence-corrected chi connectivity index (χ3v) is 3.14. The summed E-state index contributed by atoms with van der Waals surface area (Å²) in [6, 6.07) is 2.25. The molecule has 1 aromatic heterocycles. The minimum absolute atomic E-state index is 0.0925. The molecular weight excluding hydrogens is 180 g/mol. The molecule has 4 heteroatoms. The molecule has 4 nitrogen and oxygen atoms in total. The number of nitrogens with one attached hydrogen (secondary N) is 1. The minimum atomic E-state index is 0.0925. The van der Waals surface area contributed by atoms with Crippen LogP contribution in [0, 0.1) is 5.92 Å². The smallest absolute Gasteiger partial charge is 0.257 e. The van der Waals surface area contributed by atoms with Crippen molar-refractivity contribution in [2.24, 2.45) is 5.92 Å². The van der Waals surface area contributed by atoms with Crippen LogP contribution < -0.4 is 5.32 Å². The summed E-state index contributed by atoms with van der Waals surface area (Å²) in [5, 5.41) is 3.32. The van der Waals surface area contributed by atoms with Gasteiger partial charge in [0.25, 0.3) is 5.91 Å². The summed E-state index contributed by atoms with van der Waals surface area (Å²) in [7, 11) is 0. The normalized spacial score (nSPS) is 29.9. The molecule has 2 aliphatic rings. The molecule has 3 heterocycles. The highest BCUT2D eigenvalue weighted by atomic mass is 16.3. The first-order chi connectivity index (χ1) is 6.84. The van der Waals surface area contributed by atoms with Gasteiger partial charge in [0.2, 0.25) is 0 Å². The molecule has 2 aliphatic heterocycles. The Morgan fingerprint density at radius 3 is 3.00 bits per heavy atom. The van der Waals surface area contributed by atoms with E-state index in [9.17, 15) is 4.79 Å². The molecule has 0 spiro atoms. The molecule has 2 saturated heterocycles. The average molecular weight is 192 g/mol. The van der Waals surface area contributed by atoms with Crippen molar-refractivity contribution in [1.82, 2.24) is 10.2 Å². The van der Waals surface area contributed by atoms with E-state index in [2.05, 4.69) is 5.32 Å². The standard InChI is InChI=1S/C10H12N2O2/c13-10(7-1-2-14-6-7)12-4-8-3-11-9(8)5-12/h1-2,6,8-9,11H,3-5H2. The Morgan fingerprint density at radius 2 is 2.50 bits per heavy atom. The third kappa shape index (κ3) is 1.07. The van der Waals surface area contributed by atoms with E-state index < -0.39 is 0 Å². The summed E-state index contributed by atoms with van der Waals surface area (Å²) in [6.45, 7) is 2.79. The van der Waals surface area contributed by atoms with Gasteiger partial charge in [-0.1, -0.05) is 0 Å². The fraction of sp³-hybridized carbons (Fsp3) is 0.500. The summed E-state index contributed by atoms with van der Waals surface area (Å²) in [6.07, 6.45) is 3.05. The molecule has 0 saturated carbocycles. The zero-order chi connectivity index (χ0) is 9.54. The fourth-order valence-electron chi connectivity index (χ4n) is 2.19. The molecule has 2 atom stereocenters. The number of fused-ring (bicyclic) bond motifs is 1. The van der Waals surface area contributed by atoms with E-state index in [1.165, 1.54) is 12.5 Å². The Labute approximate surface area is 81.9 Å². The number of carbonyl (C=O) groups is 1. The van der Waals surface area contributed by atoms with Crippen LogP contribution in [0.3, 0.4) is 0 Å². The van der Waals surface area contributed by atoms with Crippen LogP contribution in [0.4, 0.5) is 0 Å². The second-order valence-electron chi connectivity index (χ2n) is 4.00. The summed E-state index contributed by atoms with van der Waals surface area (Å²) in [5.74, 6) is 0.765. The topological polar surface area (TPSA) is 45.5 Å². The van der Waals surface area contributed by atoms with Gasteiger partial charge in [-0.2, -0.15) is 0 Å². The zero-order valence-corrected chi connectivity index (χ0v) is 7.77. The number of amides is 1. The number of nitrogens with zero attached hydrogens (tertiary/aromatic N) is 1. The predicted molar refractivity (Wildman–Crippen MR) is 49.9 cm³/mol. The van der Waals surface area contributed by atoms with Crippen LogP contribution in [0.1, 0.15) is 10.4 Å². The second kappa shape index (κ2) is 2.85. The highest BCUT2D eigenvalue weighted by Gasteiger charge is 2.40. The van der Waals surface area contributed by atoms with Crippen molar-refractivity contribution in [3.8, 4) is 0 Å². The molecular formula is C10H12N2O2. The number of likely N-dealkylation sites (tertiary alicyclic amines) is 1. The van der Waals surface area contributed by atoms with Gasteiger partial charge in [0, 0.05) is 31.6 Å². The van der Waals surface area contributed by atoms with Crippen LogP contribution in [-0.2, 0) is 0 Å². The maximum atomic E-state index is 11.9. The Morgan fingerprint density at radius 1 is 1.57 bits per heavy atom. The molecule has 0 aliphatic carbocycles. The van der Waals surface area contributed by atoms with Crippen molar-refractivity contribution in [3.05, 3.63) is 24.2 Å². The van der Waals surface area contributed by atoms with E-state index in [0.29, 0.717) is 17.5 Å². The SMILES string of the molecule is O=C(c1ccoc1)N1CC2CNC2C1. The first kappa shape index (κ1) is 8.05. The van der Waals surface area contributed by atoms with Crippen LogP contribution in [0.5, 0.6) is 0 Å². The van der Waals surface area contributed by atoms with Gasteiger partial charge in [0.05, 0.1) is 11.8 Å². The number of hydrogen-bond donors (Lipinski definition) is 1. The lowest BCUT2D eigenvalue weighted by Gasteiger charge is -2.29. The van der Waals surface area contributed by atoms with Crippen LogP contribution in [-0.4, -0.2) is 36.5 Å².